The van der Waals surface area contributed by atoms with E-state index < -0.39 is 0 Å². The first-order valence-corrected chi connectivity index (χ1v) is 7.60. The predicted octanol–water partition coefficient (Wildman–Crippen LogP) is 4.73. The molecule has 0 amide bonds. The summed E-state index contributed by atoms with van der Waals surface area (Å²) in [6, 6.07) is 0. The lowest BCUT2D eigenvalue weighted by Crippen LogP contribution is -2.45. The molecule has 13 heavy (non-hydrogen) atoms. The maximum absolute atomic E-state index is 2.78. The van der Waals surface area contributed by atoms with E-state index in [0.29, 0.717) is 6.84 Å². The first-order valence-electron chi connectivity index (χ1n) is 5.45. The molecule has 0 heterocycles. The van der Waals surface area contributed by atoms with Gasteiger partial charge in [0.25, 0.3) is 0 Å². The summed E-state index contributed by atoms with van der Waals surface area (Å²) in [5.74, 6) is 0.928. The second-order valence-corrected chi connectivity index (χ2v) is 9.15. The van der Waals surface area contributed by atoms with E-state index >= 15 is 0 Å². The van der Waals surface area contributed by atoms with Crippen LogP contribution in [0.25, 0.3) is 0 Å². The van der Waals surface area contributed by atoms with E-state index in [2.05, 4.69) is 52.1 Å². The molecule has 2 atom stereocenters. The van der Waals surface area contributed by atoms with Crippen LogP contribution in [0.3, 0.4) is 0 Å². The van der Waals surface area contributed by atoms with Crippen molar-refractivity contribution in [3.8, 4) is 0 Å². The Balaban J connectivity index is 2.28. The molecule has 2 unspecified atom stereocenters. The molecule has 0 radical (unpaired) electrons. The SMILES string of the molecule is CC1C2(I)CCCCC1(I)CCC2. The number of fused-ring (bicyclic) bond motifs is 2. The molecule has 0 spiro atoms. The molecular formula is C11H18I2. The van der Waals surface area contributed by atoms with Gasteiger partial charge in [0.2, 0.25) is 0 Å². The Bertz CT molecular complexity index is 184. The molecule has 2 rings (SSSR count). The maximum atomic E-state index is 2.78. The first kappa shape index (κ1) is 11.0. The van der Waals surface area contributed by atoms with E-state index in [4.69, 9.17) is 0 Å². The average molecular weight is 404 g/mol. The Hall–Kier alpha value is 1.46. The normalized spacial score (nSPS) is 51.5. The van der Waals surface area contributed by atoms with Gasteiger partial charge in [0.15, 0.2) is 0 Å². The summed E-state index contributed by atoms with van der Waals surface area (Å²) in [6.07, 6.45) is 10.3. The summed E-state index contributed by atoms with van der Waals surface area (Å²) in [4.78, 5) is 0. The van der Waals surface area contributed by atoms with Gasteiger partial charge in [0.05, 0.1) is 0 Å². The molecule has 2 bridgehead atoms. The van der Waals surface area contributed by atoms with Gasteiger partial charge in [-0.15, -0.1) is 0 Å². The summed E-state index contributed by atoms with van der Waals surface area (Å²) in [6.45, 7) is 2.50. The molecule has 76 valence electrons. The lowest BCUT2D eigenvalue weighted by molar-refractivity contribution is 0.256. The Morgan fingerprint density at radius 2 is 1.23 bits per heavy atom. The van der Waals surface area contributed by atoms with Crippen LogP contribution in [0, 0.1) is 5.92 Å². The fourth-order valence-electron chi connectivity index (χ4n) is 3.09. The van der Waals surface area contributed by atoms with Crippen LogP contribution in [0.15, 0.2) is 0 Å². The molecule has 0 N–H and O–H groups in total. The van der Waals surface area contributed by atoms with Crippen molar-refractivity contribution in [1.29, 1.82) is 0 Å². The number of hydrogen-bond acceptors (Lipinski definition) is 0. The third-order valence-electron chi connectivity index (χ3n) is 4.17. The van der Waals surface area contributed by atoms with Gasteiger partial charge >= 0.3 is 0 Å². The van der Waals surface area contributed by atoms with Gasteiger partial charge in [0, 0.05) is 6.84 Å². The van der Waals surface area contributed by atoms with Crippen LogP contribution in [0.5, 0.6) is 0 Å². The third-order valence-corrected chi connectivity index (χ3v) is 8.20. The monoisotopic (exact) mass is 404 g/mol. The second kappa shape index (κ2) is 3.80. The molecular weight excluding hydrogens is 386 g/mol. The van der Waals surface area contributed by atoms with Crippen molar-refractivity contribution in [2.45, 2.75) is 58.7 Å². The highest BCUT2D eigenvalue weighted by Gasteiger charge is 2.49. The third kappa shape index (κ3) is 1.91. The molecule has 0 aliphatic heterocycles. The smallest absolute Gasteiger partial charge is 0.0260 e. The van der Waals surface area contributed by atoms with Gasteiger partial charge in [0.1, 0.15) is 0 Å². The predicted molar refractivity (Wildman–Crippen MR) is 75.0 cm³/mol. The Kier molecular flexibility index (Phi) is 3.20. The number of hydrogen-bond donors (Lipinski definition) is 0. The molecule has 0 nitrogen and oxygen atoms in total. The van der Waals surface area contributed by atoms with Crippen LogP contribution in [0.2, 0.25) is 0 Å². The van der Waals surface area contributed by atoms with Crippen LogP contribution in [-0.4, -0.2) is 6.84 Å². The standard InChI is InChI=1S/C11H18I2/c1-9-10(12)5-2-3-6-11(9,13)8-4-7-10/h9H,2-8H2,1H3. The summed E-state index contributed by atoms with van der Waals surface area (Å²) in [5.41, 5.74) is 0. The average Bonchev–Trinajstić information content (AvgIpc) is 2.18. The number of rotatable bonds is 0. The molecule has 2 fully saturated rings. The largest absolute Gasteiger partial charge is 0.0785 e. The summed E-state index contributed by atoms with van der Waals surface area (Å²) >= 11 is 5.55. The number of halogens is 2. The highest BCUT2D eigenvalue weighted by Crippen LogP contribution is 2.56. The molecule has 2 heteroatoms. The van der Waals surface area contributed by atoms with Gasteiger partial charge in [-0.1, -0.05) is 71.4 Å². The maximum Gasteiger partial charge on any atom is 0.0260 e. The van der Waals surface area contributed by atoms with E-state index in [0.717, 1.165) is 5.92 Å². The van der Waals surface area contributed by atoms with Gasteiger partial charge < -0.3 is 0 Å². The van der Waals surface area contributed by atoms with Crippen LogP contribution in [0.4, 0.5) is 0 Å². The molecule has 0 aromatic rings. The zero-order chi connectivity index (χ0) is 9.53. The van der Waals surface area contributed by atoms with Gasteiger partial charge in [-0.2, -0.15) is 0 Å². The lowest BCUT2D eigenvalue weighted by atomic mass is 9.72. The molecule has 0 aromatic carbocycles. The number of alkyl halides is 2. The first-order chi connectivity index (χ1) is 6.07. The van der Waals surface area contributed by atoms with Crippen molar-refractivity contribution in [3.05, 3.63) is 0 Å². The van der Waals surface area contributed by atoms with Crippen molar-refractivity contribution in [2.24, 2.45) is 5.92 Å². The quantitative estimate of drug-likeness (QED) is 0.405. The Morgan fingerprint density at radius 3 is 1.69 bits per heavy atom. The topological polar surface area (TPSA) is 0 Å². The van der Waals surface area contributed by atoms with Crippen molar-refractivity contribution in [3.63, 3.8) is 0 Å². The summed E-state index contributed by atoms with van der Waals surface area (Å²) in [5, 5.41) is 0. The summed E-state index contributed by atoms with van der Waals surface area (Å²) < 4.78 is 1.29. The van der Waals surface area contributed by atoms with Crippen molar-refractivity contribution >= 4 is 45.2 Å². The van der Waals surface area contributed by atoms with Gasteiger partial charge in [-0.25, -0.2) is 0 Å². The van der Waals surface area contributed by atoms with E-state index in [1.165, 1.54) is 44.9 Å². The zero-order valence-electron chi connectivity index (χ0n) is 8.28. The van der Waals surface area contributed by atoms with E-state index in [9.17, 15) is 0 Å². The highest BCUT2D eigenvalue weighted by atomic mass is 127. The minimum Gasteiger partial charge on any atom is -0.0785 e. The van der Waals surface area contributed by atoms with Gasteiger partial charge in [-0.05, 0) is 31.6 Å². The van der Waals surface area contributed by atoms with Crippen molar-refractivity contribution < 1.29 is 0 Å². The minimum atomic E-state index is 0.647. The van der Waals surface area contributed by atoms with Gasteiger partial charge in [-0.3, -0.25) is 0 Å². The van der Waals surface area contributed by atoms with Crippen LogP contribution >= 0.6 is 45.2 Å². The Labute approximate surface area is 109 Å². The minimum absolute atomic E-state index is 0.647. The van der Waals surface area contributed by atoms with E-state index in [1.54, 1.807) is 0 Å². The van der Waals surface area contributed by atoms with Crippen LogP contribution in [0.1, 0.15) is 51.9 Å². The van der Waals surface area contributed by atoms with Crippen molar-refractivity contribution in [2.75, 3.05) is 0 Å². The highest BCUT2D eigenvalue weighted by molar-refractivity contribution is 14.1. The Morgan fingerprint density at radius 1 is 0.846 bits per heavy atom. The molecule has 2 aliphatic carbocycles. The van der Waals surface area contributed by atoms with Crippen molar-refractivity contribution in [1.82, 2.24) is 0 Å². The molecule has 0 aromatic heterocycles. The zero-order valence-corrected chi connectivity index (χ0v) is 12.6. The van der Waals surface area contributed by atoms with E-state index in [1.807, 2.05) is 0 Å². The second-order valence-electron chi connectivity index (χ2n) is 4.85. The van der Waals surface area contributed by atoms with Crippen LogP contribution < -0.4 is 0 Å². The molecule has 2 saturated carbocycles. The fraction of sp³-hybridized carbons (Fsp3) is 1.00. The summed E-state index contributed by atoms with van der Waals surface area (Å²) in [7, 11) is 0. The lowest BCUT2D eigenvalue weighted by Gasteiger charge is -2.47. The molecule has 2 aliphatic rings. The fourth-order valence-corrected chi connectivity index (χ4v) is 6.41. The van der Waals surface area contributed by atoms with Crippen LogP contribution in [-0.2, 0) is 0 Å². The van der Waals surface area contributed by atoms with E-state index in [-0.39, 0.29) is 0 Å². The molecule has 0 saturated heterocycles.